The van der Waals surface area contributed by atoms with Crippen molar-refractivity contribution in [3.05, 3.63) is 51.1 Å². The maximum atomic E-state index is 13.5. The molecular formula is C19H20N3OS2+. The Morgan fingerprint density at radius 3 is 2.84 bits per heavy atom. The van der Waals surface area contributed by atoms with Crippen LogP contribution in [0.1, 0.15) is 24.3 Å². The van der Waals surface area contributed by atoms with Gasteiger partial charge in [0.05, 0.1) is 6.54 Å². The number of benzene rings is 1. The van der Waals surface area contributed by atoms with Crippen LogP contribution in [0.15, 0.2) is 35.1 Å². The van der Waals surface area contributed by atoms with E-state index in [1.807, 2.05) is 58.0 Å². The normalized spacial score (nSPS) is 18.0. The number of hydrogen-bond donors (Lipinski definition) is 1. The van der Waals surface area contributed by atoms with Gasteiger partial charge < -0.3 is 0 Å². The van der Waals surface area contributed by atoms with Gasteiger partial charge in [0.1, 0.15) is 17.6 Å². The first-order valence-corrected chi connectivity index (χ1v) is 10.4. The molecule has 0 atom stereocenters. The van der Waals surface area contributed by atoms with Crippen LogP contribution in [0.5, 0.6) is 0 Å². The lowest BCUT2D eigenvalue weighted by molar-refractivity contribution is -0.645. The monoisotopic (exact) mass is 370 g/mol. The molecule has 0 bridgehead atoms. The molecule has 25 heavy (non-hydrogen) atoms. The number of hydrogen-bond acceptors (Lipinski definition) is 4. The molecule has 2 aromatic heterocycles. The molecule has 3 aromatic rings. The standard InChI is InChI=1S/C19H19N3OS2/c1-19(2)10-13-14(11-24-19)25-17-15(13)16(23)22(12-6-4-3-5-7-12)18-20-8-9-21(17)18/h3-7H,8-11H2,1-2H3/p+1. The maximum absolute atomic E-state index is 13.5. The van der Waals surface area contributed by atoms with Crippen LogP contribution in [0.4, 0.5) is 5.95 Å². The largest absolute Gasteiger partial charge is 0.366 e. The fourth-order valence-corrected chi connectivity index (χ4v) is 6.34. The highest BCUT2D eigenvalue weighted by atomic mass is 32.2. The van der Waals surface area contributed by atoms with Crippen LogP contribution in [0.2, 0.25) is 0 Å². The molecule has 128 valence electrons. The molecule has 4 heterocycles. The molecule has 2 aliphatic rings. The average Bonchev–Trinajstić information content (AvgIpc) is 3.19. The second kappa shape index (κ2) is 5.35. The Morgan fingerprint density at radius 2 is 2.04 bits per heavy atom. The summed E-state index contributed by atoms with van der Waals surface area (Å²) in [5.41, 5.74) is 2.32. The van der Waals surface area contributed by atoms with Crippen LogP contribution in [0.3, 0.4) is 0 Å². The van der Waals surface area contributed by atoms with E-state index in [0.29, 0.717) is 0 Å². The van der Waals surface area contributed by atoms with Crippen LogP contribution >= 0.6 is 23.1 Å². The van der Waals surface area contributed by atoms with E-state index in [9.17, 15) is 4.79 Å². The zero-order valence-electron chi connectivity index (χ0n) is 14.3. The smallest absolute Gasteiger partial charge is 0.273 e. The minimum absolute atomic E-state index is 0.113. The zero-order chi connectivity index (χ0) is 17.2. The predicted molar refractivity (Wildman–Crippen MR) is 105 cm³/mol. The van der Waals surface area contributed by atoms with E-state index >= 15 is 0 Å². The van der Waals surface area contributed by atoms with Crippen molar-refractivity contribution in [3.63, 3.8) is 0 Å². The molecular weight excluding hydrogens is 350 g/mol. The Balaban J connectivity index is 1.88. The number of nitrogens with one attached hydrogen (secondary N) is 1. The molecule has 0 aliphatic carbocycles. The van der Waals surface area contributed by atoms with E-state index < -0.39 is 0 Å². The van der Waals surface area contributed by atoms with Gasteiger partial charge in [-0.2, -0.15) is 4.57 Å². The minimum atomic E-state index is 0.113. The summed E-state index contributed by atoms with van der Waals surface area (Å²) in [6, 6.07) is 9.97. The molecule has 2 aliphatic heterocycles. The molecule has 0 spiro atoms. The van der Waals surface area contributed by atoms with Gasteiger partial charge in [0.25, 0.3) is 0 Å². The van der Waals surface area contributed by atoms with Gasteiger partial charge >= 0.3 is 11.5 Å². The number of rotatable bonds is 1. The summed E-state index contributed by atoms with van der Waals surface area (Å²) in [5, 5.41) is 4.36. The van der Waals surface area contributed by atoms with E-state index in [4.69, 9.17) is 0 Å². The molecule has 0 unspecified atom stereocenters. The van der Waals surface area contributed by atoms with Crippen molar-refractivity contribution in [1.82, 2.24) is 4.57 Å². The third kappa shape index (κ3) is 2.27. The van der Waals surface area contributed by atoms with Crippen molar-refractivity contribution < 1.29 is 4.57 Å². The van der Waals surface area contributed by atoms with Crippen molar-refractivity contribution in [2.75, 3.05) is 11.9 Å². The molecule has 1 N–H and O–H groups in total. The highest BCUT2D eigenvalue weighted by molar-refractivity contribution is 8.00. The van der Waals surface area contributed by atoms with Gasteiger partial charge in [-0.15, -0.1) is 23.1 Å². The number of aromatic nitrogens is 2. The van der Waals surface area contributed by atoms with Crippen molar-refractivity contribution in [1.29, 1.82) is 0 Å². The number of thiophene rings is 1. The van der Waals surface area contributed by atoms with Gasteiger partial charge in [-0.3, -0.25) is 5.32 Å². The van der Waals surface area contributed by atoms with Gasteiger partial charge in [-0.05, 0) is 24.1 Å². The lowest BCUT2D eigenvalue weighted by Crippen LogP contribution is -2.39. The Morgan fingerprint density at radius 1 is 1.24 bits per heavy atom. The van der Waals surface area contributed by atoms with Crippen molar-refractivity contribution >= 4 is 39.3 Å². The molecule has 6 heteroatoms. The Bertz CT molecular complexity index is 1050. The van der Waals surface area contributed by atoms with Crippen LogP contribution in [0.25, 0.3) is 15.9 Å². The van der Waals surface area contributed by atoms with E-state index in [0.717, 1.165) is 47.1 Å². The second-order valence-electron chi connectivity index (χ2n) is 7.29. The molecule has 0 fully saturated rings. The topological polar surface area (TPSA) is 37.9 Å². The Hall–Kier alpha value is -1.79. The molecule has 0 radical (unpaired) electrons. The van der Waals surface area contributed by atoms with Gasteiger partial charge in [-0.1, -0.05) is 32.0 Å². The third-order valence-electron chi connectivity index (χ3n) is 5.03. The molecule has 0 saturated carbocycles. The highest BCUT2D eigenvalue weighted by Crippen LogP contribution is 2.43. The number of fused-ring (bicyclic) bond motifs is 5. The number of anilines is 1. The molecule has 1 aromatic carbocycles. The van der Waals surface area contributed by atoms with E-state index in [1.54, 1.807) is 0 Å². The number of nitrogens with zero attached hydrogens (tertiary/aromatic N) is 2. The van der Waals surface area contributed by atoms with Crippen LogP contribution in [-0.4, -0.2) is 15.9 Å². The van der Waals surface area contributed by atoms with Crippen molar-refractivity contribution in [2.24, 2.45) is 0 Å². The summed E-state index contributed by atoms with van der Waals surface area (Å²) in [5.74, 6) is 1.92. The van der Waals surface area contributed by atoms with Crippen molar-refractivity contribution in [2.45, 2.75) is 37.3 Å². The molecule has 0 amide bonds. The summed E-state index contributed by atoms with van der Waals surface area (Å²) in [6.45, 7) is 6.34. The molecule has 0 saturated heterocycles. The van der Waals surface area contributed by atoms with Crippen LogP contribution in [-0.2, 0) is 18.7 Å². The second-order valence-corrected chi connectivity index (χ2v) is 10.1. The first-order valence-electron chi connectivity index (χ1n) is 8.61. The van der Waals surface area contributed by atoms with Gasteiger partial charge in [0, 0.05) is 15.4 Å². The zero-order valence-corrected chi connectivity index (χ0v) is 16.0. The van der Waals surface area contributed by atoms with Gasteiger partial charge in [0.2, 0.25) is 0 Å². The van der Waals surface area contributed by atoms with Crippen LogP contribution < -0.4 is 15.4 Å². The summed E-state index contributed by atoms with van der Waals surface area (Å²) >= 11 is 3.81. The molecule has 4 nitrogen and oxygen atoms in total. The molecule has 5 rings (SSSR count). The van der Waals surface area contributed by atoms with E-state index in [1.165, 1.54) is 10.4 Å². The first-order chi connectivity index (χ1) is 12.1. The van der Waals surface area contributed by atoms with Crippen LogP contribution in [0, 0.1) is 0 Å². The lowest BCUT2D eigenvalue weighted by atomic mass is 10.00. The quantitative estimate of drug-likeness (QED) is 0.668. The summed E-state index contributed by atoms with van der Waals surface area (Å²) in [7, 11) is 0. The Labute approximate surface area is 154 Å². The fourth-order valence-electron chi connectivity index (χ4n) is 3.85. The highest BCUT2D eigenvalue weighted by Gasteiger charge is 2.35. The Kier molecular flexibility index (Phi) is 3.31. The summed E-state index contributed by atoms with van der Waals surface area (Å²) in [4.78, 5) is 16.1. The van der Waals surface area contributed by atoms with Gasteiger partial charge in [-0.25, -0.2) is 9.36 Å². The van der Waals surface area contributed by atoms with Crippen molar-refractivity contribution in [3.8, 4) is 5.69 Å². The number of thioether (sulfide) groups is 1. The minimum Gasteiger partial charge on any atom is -0.273 e. The third-order valence-corrected chi connectivity index (χ3v) is 7.83. The van der Waals surface area contributed by atoms with E-state index in [2.05, 4.69) is 23.7 Å². The summed E-state index contributed by atoms with van der Waals surface area (Å²) in [6.07, 6.45) is 0.962. The average molecular weight is 371 g/mol. The van der Waals surface area contributed by atoms with E-state index in [-0.39, 0.29) is 10.3 Å². The maximum Gasteiger partial charge on any atom is 0.366 e. The predicted octanol–water partition coefficient (Wildman–Crippen LogP) is 3.33. The SMILES string of the molecule is CC1(C)Cc2c(sc3c2c(=O)n(-c2ccccc2)c2[n+]3CCN2)CS1. The first kappa shape index (κ1) is 15.5. The fraction of sp³-hybridized carbons (Fsp3) is 0.368. The number of para-hydroxylation sites is 1. The lowest BCUT2D eigenvalue weighted by Gasteiger charge is -2.28. The summed E-state index contributed by atoms with van der Waals surface area (Å²) < 4.78 is 4.34. The van der Waals surface area contributed by atoms with Gasteiger partial charge in [0.15, 0.2) is 4.83 Å².